The Morgan fingerprint density at radius 2 is 2.11 bits per heavy atom. The Morgan fingerprint density at radius 3 is 2.79 bits per heavy atom. The molecule has 0 saturated carbocycles. The summed E-state index contributed by atoms with van der Waals surface area (Å²) in [4.78, 5) is 10.2. The maximum absolute atomic E-state index is 13.5. The maximum Gasteiger partial charge on any atom is 0.151 e. The molecule has 0 amide bonds. The lowest BCUT2D eigenvalue weighted by molar-refractivity contribution is 0.626. The zero-order valence-electron chi connectivity index (χ0n) is 10.7. The van der Waals surface area contributed by atoms with E-state index in [1.807, 2.05) is 19.0 Å². The third-order valence-corrected chi connectivity index (χ3v) is 2.54. The van der Waals surface area contributed by atoms with E-state index < -0.39 is 5.82 Å². The summed E-state index contributed by atoms with van der Waals surface area (Å²) in [6.07, 6.45) is 4.15. The van der Waals surface area contributed by atoms with Gasteiger partial charge in [0, 0.05) is 20.3 Å². The molecule has 0 aliphatic rings. The summed E-state index contributed by atoms with van der Waals surface area (Å²) >= 11 is 0. The summed E-state index contributed by atoms with van der Waals surface area (Å²) in [6.45, 7) is 0. The molecular weight excluding hydrogens is 245 g/mol. The van der Waals surface area contributed by atoms with Crippen LogP contribution in [0.3, 0.4) is 0 Å². The number of anilines is 3. The summed E-state index contributed by atoms with van der Waals surface area (Å²) in [5.41, 5.74) is 0.680. The number of benzene rings is 1. The van der Waals surface area contributed by atoms with Gasteiger partial charge in [0.1, 0.15) is 11.6 Å². The predicted molar refractivity (Wildman–Crippen MR) is 73.9 cm³/mol. The van der Waals surface area contributed by atoms with Crippen molar-refractivity contribution >= 4 is 23.5 Å². The summed E-state index contributed by atoms with van der Waals surface area (Å²) in [7, 11) is 3.72. The molecule has 0 atom stereocenters. The quantitative estimate of drug-likeness (QED) is 0.828. The highest BCUT2D eigenvalue weighted by atomic mass is 19.1. The number of hydrogen-bond acceptors (Lipinski definition) is 5. The van der Waals surface area contributed by atoms with Crippen LogP contribution in [0.1, 0.15) is 5.56 Å². The molecule has 98 valence electrons. The van der Waals surface area contributed by atoms with Crippen LogP contribution in [0, 0.1) is 11.2 Å². The van der Waals surface area contributed by atoms with Crippen molar-refractivity contribution < 1.29 is 4.39 Å². The minimum Gasteiger partial charge on any atom is -0.361 e. The first-order valence-electron chi connectivity index (χ1n) is 5.67. The average Bonchev–Trinajstić information content (AvgIpc) is 2.39. The van der Waals surface area contributed by atoms with Crippen molar-refractivity contribution in [3.05, 3.63) is 42.0 Å². The van der Waals surface area contributed by atoms with Gasteiger partial charge in [0.05, 0.1) is 23.6 Å². The Bertz CT molecular complexity index is 597. The van der Waals surface area contributed by atoms with E-state index >= 15 is 0 Å². The smallest absolute Gasteiger partial charge is 0.151 e. The van der Waals surface area contributed by atoms with Gasteiger partial charge in [0.15, 0.2) is 5.82 Å². The first-order valence-corrected chi connectivity index (χ1v) is 5.67. The van der Waals surface area contributed by atoms with Gasteiger partial charge in [-0.05, 0) is 12.1 Å². The molecule has 0 fully saturated rings. The standard InChI is InChI=1S/C13H14FN5/c1-19(2)13-8-16-7-12(18-13)17-11-5-3-4-10(14)9(11)6-15/h3-8,15H,1-2H3,(H,17,18). The van der Waals surface area contributed by atoms with E-state index in [1.54, 1.807) is 24.5 Å². The number of aromatic nitrogens is 2. The number of hydrogen-bond donors (Lipinski definition) is 2. The topological polar surface area (TPSA) is 64.9 Å². The zero-order chi connectivity index (χ0) is 13.8. The number of halogens is 1. The van der Waals surface area contributed by atoms with Crippen LogP contribution in [0.15, 0.2) is 30.6 Å². The van der Waals surface area contributed by atoms with E-state index in [0.717, 1.165) is 6.21 Å². The Labute approximate surface area is 110 Å². The molecule has 2 aromatic rings. The van der Waals surface area contributed by atoms with E-state index in [9.17, 15) is 4.39 Å². The molecular formula is C13H14FN5. The molecule has 0 unspecified atom stereocenters. The van der Waals surface area contributed by atoms with E-state index in [2.05, 4.69) is 15.3 Å². The largest absolute Gasteiger partial charge is 0.361 e. The fourth-order valence-electron chi connectivity index (χ4n) is 1.56. The van der Waals surface area contributed by atoms with Crippen molar-refractivity contribution in [1.82, 2.24) is 9.97 Å². The highest BCUT2D eigenvalue weighted by Crippen LogP contribution is 2.21. The second kappa shape index (κ2) is 5.43. The number of nitrogens with zero attached hydrogens (tertiary/aromatic N) is 3. The van der Waals surface area contributed by atoms with Crippen molar-refractivity contribution in [2.24, 2.45) is 0 Å². The lowest BCUT2D eigenvalue weighted by atomic mass is 10.2. The summed E-state index contributed by atoms with van der Waals surface area (Å²) in [5, 5.41) is 10.2. The second-order valence-electron chi connectivity index (χ2n) is 4.13. The van der Waals surface area contributed by atoms with Gasteiger partial charge in [-0.2, -0.15) is 0 Å². The van der Waals surface area contributed by atoms with E-state index in [4.69, 9.17) is 5.41 Å². The van der Waals surface area contributed by atoms with Gasteiger partial charge in [0.2, 0.25) is 0 Å². The first kappa shape index (κ1) is 12.9. The van der Waals surface area contributed by atoms with Crippen molar-refractivity contribution in [3.8, 4) is 0 Å². The molecule has 0 spiro atoms. The molecule has 6 heteroatoms. The number of nitrogens with one attached hydrogen (secondary N) is 2. The third-order valence-electron chi connectivity index (χ3n) is 2.54. The van der Waals surface area contributed by atoms with Crippen molar-refractivity contribution in [2.75, 3.05) is 24.3 Å². The molecule has 1 aromatic carbocycles. The molecule has 0 radical (unpaired) electrons. The van der Waals surface area contributed by atoms with Gasteiger partial charge in [0.25, 0.3) is 0 Å². The molecule has 0 saturated heterocycles. The van der Waals surface area contributed by atoms with Gasteiger partial charge in [-0.3, -0.25) is 4.98 Å². The van der Waals surface area contributed by atoms with Crippen LogP contribution in [0.25, 0.3) is 0 Å². The Kier molecular flexibility index (Phi) is 3.70. The van der Waals surface area contributed by atoms with Gasteiger partial charge < -0.3 is 15.6 Å². The molecule has 0 bridgehead atoms. The summed E-state index contributed by atoms with van der Waals surface area (Å²) in [5.74, 6) is 0.745. The highest BCUT2D eigenvalue weighted by Gasteiger charge is 2.07. The van der Waals surface area contributed by atoms with Crippen molar-refractivity contribution in [1.29, 1.82) is 5.41 Å². The van der Waals surface area contributed by atoms with Crippen molar-refractivity contribution in [3.63, 3.8) is 0 Å². The third kappa shape index (κ3) is 2.85. The Balaban J connectivity index is 2.33. The molecule has 0 aliphatic heterocycles. The van der Waals surface area contributed by atoms with Crippen LogP contribution in [0.5, 0.6) is 0 Å². The summed E-state index contributed by atoms with van der Waals surface area (Å²) in [6, 6.07) is 4.58. The fraction of sp³-hybridized carbons (Fsp3) is 0.154. The molecule has 5 nitrogen and oxygen atoms in total. The number of rotatable bonds is 4. The Morgan fingerprint density at radius 1 is 1.32 bits per heavy atom. The van der Waals surface area contributed by atoms with Crippen LogP contribution >= 0.6 is 0 Å². The molecule has 19 heavy (non-hydrogen) atoms. The Hall–Kier alpha value is -2.50. The normalized spacial score (nSPS) is 10.1. The van der Waals surface area contributed by atoms with Gasteiger partial charge in [-0.15, -0.1) is 0 Å². The molecule has 1 aromatic heterocycles. The highest BCUT2D eigenvalue weighted by molar-refractivity contribution is 5.87. The molecule has 2 rings (SSSR count). The zero-order valence-corrected chi connectivity index (χ0v) is 10.7. The fourth-order valence-corrected chi connectivity index (χ4v) is 1.56. The van der Waals surface area contributed by atoms with Crippen LogP contribution in [0.2, 0.25) is 0 Å². The van der Waals surface area contributed by atoms with E-state index in [-0.39, 0.29) is 5.56 Å². The van der Waals surface area contributed by atoms with Crippen LogP contribution < -0.4 is 10.2 Å². The van der Waals surface area contributed by atoms with Gasteiger partial charge in [-0.1, -0.05) is 6.07 Å². The monoisotopic (exact) mass is 259 g/mol. The van der Waals surface area contributed by atoms with Gasteiger partial charge >= 0.3 is 0 Å². The van der Waals surface area contributed by atoms with E-state index in [1.165, 1.54) is 6.07 Å². The SMILES string of the molecule is CN(C)c1cncc(Nc2cccc(F)c2C=N)n1. The predicted octanol–water partition coefficient (Wildman–Crippen LogP) is 2.42. The van der Waals surface area contributed by atoms with Crippen LogP contribution in [-0.4, -0.2) is 30.3 Å². The lowest BCUT2D eigenvalue weighted by Gasteiger charge is -2.13. The minimum absolute atomic E-state index is 0.194. The van der Waals surface area contributed by atoms with E-state index in [0.29, 0.717) is 17.3 Å². The maximum atomic E-state index is 13.5. The van der Waals surface area contributed by atoms with Gasteiger partial charge in [-0.25, -0.2) is 9.37 Å². The summed E-state index contributed by atoms with van der Waals surface area (Å²) < 4.78 is 13.5. The molecule has 0 aliphatic carbocycles. The average molecular weight is 259 g/mol. The molecule has 1 heterocycles. The molecule has 2 N–H and O–H groups in total. The first-order chi connectivity index (χ1) is 9.11. The van der Waals surface area contributed by atoms with Crippen LogP contribution in [-0.2, 0) is 0 Å². The van der Waals surface area contributed by atoms with Crippen molar-refractivity contribution in [2.45, 2.75) is 0 Å². The second-order valence-corrected chi connectivity index (χ2v) is 4.13. The minimum atomic E-state index is -0.447. The lowest BCUT2D eigenvalue weighted by Crippen LogP contribution is -2.12. The van der Waals surface area contributed by atoms with Crippen LogP contribution in [0.4, 0.5) is 21.7 Å².